The molecule has 2 aromatic rings. The van der Waals surface area contributed by atoms with E-state index in [2.05, 4.69) is 15.3 Å². The van der Waals surface area contributed by atoms with Gasteiger partial charge in [0, 0.05) is 12.4 Å². The molecule has 0 spiro atoms. The summed E-state index contributed by atoms with van der Waals surface area (Å²) in [6.45, 7) is 2.83. The van der Waals surface area contributed by atoms with Crippen molar-refractivity contribution in [1.29, 1.82) is 0 Å². The maximum Gasteiger partial charge on any atom is 0.193 e. The zero-order valence-electron chi connectivity index (χ0n) is 8.85. The Kier molecular flexibility index (Phi) is 3.54. The summed E-state index contributed by atoms with van der Waals surface area (Å²) < 4.78 is 5.39. The van der Waals surface area contributed by atoms with Crippen LogP contribution in [-0.2, 0) is 0 Å². The molecule has 0 bridgehead atoms. The molecule has 2 heterocycles. The van der Waals surface area contributed by atoms with Crippen molar-refractivity contribution in [3.05, 3.63) is 47.4 Å². The topological polar surface area (TPSA) is 51.0 Å². The third kappa shape index (κ3) is 2.40. The Morgan fingerprint density at radius 2 is 2.31 bits per heavy atom. The second-order valence-electron chi connectivity index (χ2n) is 3.26. The van der Waals surface area contributed by atoms with Gasteiger partial charge in [-0.05, 0) is 30.3 Å². The fourth-order valence-electron chi connectivity index (χ4n) is 1.50. The fraction of sp³-hybridized carbons (Fsp3) is 0.273. The van der Waals surface area contributed by atoms with E-state index in [4.69, 9.17) is 16.0 Å². The van der Waals surface area contributed by atoms with Crippen LogP contribution in [0.5, 0.6) is 0 Å². The molecular formula is C11H12ClN3O. The van der Waals surface area contributed by atoms with Crippen LogP contribution in [0.25, 0.3) is 0 Å². The molecule has 0 saturated heterocycles. The van der Waals surface area contributed by atoms with Gasteiger partial charge in [-0.25, -0.2) is 0 Å². The molecule has 0 fully saturated rings. The van der Waals surface area contributed by atoms with Crippen LogP contribution in [0.4, 0.5) is 0 Å². The molecule has 4 nitrogen and oxygen atoms in total. The predicted molar refractivity (Wildman–Crippen MR) is 61.3 cm³/mol. The Hall–Kier alpha value is -1.39. The molecule has 5 heteroatoms. The Morgan fingerprint density at radius 3 is 2.88 bits per heavy atom. The largest absolute Gasteiger partial charge is 0.448 e. The molecule has 1 atom stereocenters. The third-order valence-corrected chi connectivity index (χ3v) is 2.37. The summed E-state index contributed by atoms with van der Waals surface area (Å²) in [7, 11) is 0. The molecule has 16 heavy (non-hydrogen) atoms. The van der Waals surface area contributed by atoms with Gasteiger partial charge in [0.15, 0.2) is 5.22 Å². The monoisotopic (exact) mass is 237 g/mol. The van der Waals surface area contributed by atoms with Crippen molar-refractivity contribution in [2.75, 3.05) is 6.54 Å². The first kappa shape index (κ1) is 11.1. The van der Waals surface area contributed by atoms with Crippen molar-refractivity contribution in [3.63, 3.8) is 0 Å². The normalized spacial score (nSPS) is 12.6. The lowest BCUT2D eigenvalue weighted by atomic mass is 10.1. The number of nitrogens with one attached hydrogen (secondary N) is 1. The van der Waals surface area contributed by atoms with Crippen LogP contribution in [0.15, 0.2) is 35.1 Å². The smallest absolute Gasteiger partial charge is 0.193 e. The van der Waals surface area contributed by atoms with Gasteiger partial charge in [0.1, 0.15) is 11.8 Å². The van der Waals surface area contributed by atoms with Crippen LogP contribution < -0.4 is 5.32 Å². The Balaban J connectivity index is 2.31. The van der Waals surface area contributed by atoms with Crippen LogP contribution in [0.3, 0.4) is 0 Å². The summed E-state index contributed by atoms with van der Waals surface area (Å²) >= 11 is 5.76. The third-order valence-electron chi connectivity index (χ3n) is 2.17. The molecular weight excluding hydrogens is 226 g/mol. The van der Waals surface area contributed by atoms with Gasteiger partial charge in [-0.3, -0.25) is 9.97 Å². The second kappa shape index (κ2) is 5.09. The lowest BCUT2D eigenvalue weighted by molar-refractivity contribution is 0.448. The van der Waals surface area contributed by atoms with Gasteiger partial charge in [-0.1, -0.05) is 6.92 Å². The Morgan fingerprint density at radius 1 is 1.44 bits per heavy atom. The average molecular weight is 238 g/mol. The molecule has 0 amide bonds. The molecule has 1 N–H and O–H groups in total. The van der Waals surface area contributed by atoms with E-state index in [-0.39, 0.29) is 6.04 Å². The molecule has 0 aromatic carbocycles. The molecule has 0 radical (unpaired) electrons. The highest BCUT2D eigenvalue weighted by Crippen LogP contribution is 2.23. The Labute approximate surface area is 98.7 Å². The quantitative estimate of drug-likeness (QED) is 0.887. The van der Waals surface area contributed by atoms with Crippen LogP contribution in [-0.4, -0.2) is 16.5 Å². The number of aromatic nitrogens is 2. The fourth-order valence-corrected chi connectivity index (χ4v) is 1.65. The zero-order valence-corrected chi connectivity index (χ0v) is 9.61. The van der Waals surface area contributed by atoms with Gasteiger partial charge in [0.25, 0.3) is 0 Å². The van der Waals surface area contributed by atoms with Crippen LogP contribution >= 0.6 is 11.6 Å². The highest BCUT2D eigenvalue weighted by molar-refractivity contribution is 6.28. The van der Waals surface area contributed by atoms with Crippen molar-refractivity contribution in [1.82, 2.24) is 15.3 Å². The summed E-state index contributed by atoms with van der Waals surface area (Å²) in [6.07, 6.45) is 5.01. The SMILES string of the molecule is CCNC(c1cnccn1)c1ccc(Cl)o1. The van der Waals surface area contributed by atoms with E-state index in [1.807, 2.05) is 13.0 Å². The maximum atomic E-state index is 5.76. The molecule has 84 valence electrons. The van der Waals surface area contributed by atoms with E-state index in [9.17, 15) is 0 Å². The summed E-state index contributed by atoms with van der Waals surface area (Å²) in [5, 5.41) is 3.65. The number of halogens is 1. The van der Waals surface area contributed by atoms with Gasteiger partial charge in [0.2, 0.25) is 0 Å². The number of hydrogen-bond acceptors (Lipinski definition) is 4. The van der Waals surface area contributed by atoms with E-state index >= 15 is 0 Å². The van der Waals surface area contributed by atoms with E-state index in [0.717, 1.165) is 18.0 Å². The minimum absolute atomic E-state index is 0.105. The first-order chi connectivity index (χ1) is 7.81. The molecule has 0 saturated carbocycles. The minimum atomic E-state index is -0.105. The molecule has 2 aromatic heterocycles. The second-order valence-corrected chi connectivity index (χ2v) is 3.64. The summed E-state index contributed by atoms with van der Waals surface area (Å²) in [6, 6.07) is 3.45. The summed E-state index contributed by atoms with van der Waals surface area (Å²) in [5.74, 6) is 0.743. The lowest BCUT2D eigenvalue weighted by Crippen LogP contribution is -2.22. The highest BCUT2D eigenvalue weighted by atomic mass is 35.5. The summed E-state index contributed by atoms with van der Waals surface area (Å²) in [5.41, 5.74) is 0.815. The lowest BCUT2D eigenvalue weighted by Gasteiger charge is -2.13. The van der Waals surface area contributed by atoms with Crippen molar-refractivity contribution in [2.45, 2.75) is 13.0 Å². The van der Waals surface area contributed by atoms with Crippen molar-refractivity contribution >= 4 is 11.6 Å². The van der Waals surface area contributed by atoms with Crippen molar-refractivity contribution in [3.8, 4) is 0 Å². The number of rotatable bonds is 4. The standard InChI is InChI=1S/C11H12ClN3O/c1-2-14-11(8-7-13-5-6-15-8)9-3-4-10(12)16-9/h3-7,11,14H,2H2,1H3. The molecule has 0 aliphatic heterocycles. The van der Waals surface area contributed by atoms with Crippen LogP contribution in [0.1, 0.15) is 24.4 Å². The molecule has 1 unspecified atom stereocenters. The predicted octanol–water partition coefficient (Wildman–Crippen LogP) is 2.42. The average Bonchev–Trinajstić information content (AvgIpc) is 2.74. The molecule has 0 aliphatic carbocycles. The van der Waals surface area contributed by atoms with Gasteiger partial charge in [0.05, 0.1) is 11.9 Å². The number of nitrogens with zero attached hydrogens (tertiary/aromatic N) is 2. The van der Waals surface area contributed by atoms with Gasteiger partial charge >= 0.3 is 0 Å². The van der Waals surface area contributed by atoms with Crippen molar-refractivity contribution in [2.24, 2.45) is 0 Å². The van der Waals surface area contributed by atoms with E-state index in [1.54, 1.807) is 24.7 Å². The minimum Gasteiger partial charge on any atom is -0.448 e. The van der Waals surface area contributed by atoms with Gasteiger partial charge < -0.3 is 9.73 Å². The first-order valence-electron chi connectivity index (χ1n) is 5.05. The first-order valence-corrected chi connectivity index (χ1v) is 5.43. The Bertz CT molecular complexity index is 444. The number of hydrogen-bond donors (Lipinski definition) is 1. The van der Waals surface area contributed by atoms with Crippen LogP contribution in [0.2, 0.25) is 5.22 Å². The van der Waals surface area contributed by atoms with Gasteiger partial charge in [-0.15, -0.1) is 0 Å². The van der Waals surface area contributed by atoms with Crippen molar-refractivity contribution < 1.29 is 4.42 Å². The summed E-state index contributed by atoms with van der Waals surface area (Å²) in [4.78, 5) is 8.30. The van der Waals surface area contributed by atoms with E-state index in [0.29, 0.717) is 5.22 Å². The van der Waals surface area contributed by atoms with E-state index in [1.165, 1.54) is 0 Å². The molecule has 2 rings (SSSR count). The zero-order chi connectivity index (χ0) is 11.4. The molecule has 0 aliphatic rings. The highest BCUT2D eigenvalue weighted by Gasteiger charge is 2.17. The van der Waals surface area contributed by atoms with E-state index < -0.39 is 0 Å². The van der Waals surface area contributed by atoms with Gasteiger partial charge in [-0.2, -0.15) is 0 Å². The van der Waals surface area contributed by atoms with Crippen LogP contribution in [0, 0.1) is 0 Å². The number of furan rings is 1. The maximum absolute atomic E-state index is 5.76.